The van der Waals surface area contributed by atoms with Crippen LogP contribution in [0, 0.1) is 0 Å². The quantitative estimate of drug-likeness (QED) is 0.516. The molecule has 1 saturated heterocycles. The molecule has 2 amide bonds. The van der Waals surface area contributed by atoms with Gasteiger partial charge in [-0.25, -0.2) is 0 Å². The number of hydrogen-bond donors (Lipinski definition) is 3. The van der Waals surface area contributed by atoms with E-state index in [4.69, 9.17) is 5.73 Å². The monoisotopic (exact) mass is 418 g/mol. The second-order valence-corrected chi connectivity index (χ2v) is 7.25. The fraction of sp³-hybridized carbons (Fsp3) is 0.238. The zero-order valence-corrected chi connectivity index (χ0v) is 16.9. The summed E-state index contributed by atoms with van der Waals surface area (Å²) in [4.78, 5) is 34.3. The first-order valence-electron chi connectivity index (χ1n) is 9.82. The van der Waals surface area contributed by atoms with Crippen molar-refractivity contribution in [1.29, 1.82) is 0 Å². The predicted molar refractivity (Wildman–Crippen MR) is 117 cm³/mol. The molecule has 158 valence electrons. The molecule has 31 heavy (non-hydrogen) atoms. The highest BCUT2D eigenvalue weighted by atomic mass is 16.2. The Hall–Kier alpha value is -4.08. The molecule has 0 saturated carbocycles. The Morgan fingerprint density at radius 2 is 2.13 bits per heavy atom. The number of amides is 2. The average molecular weight is 418 g/mol. The number of nitrogens with two attached hydrogens (primary N) is 1. The number of anilines is 3. The minimum atomic E-state index is -0.742. The van der Waals surface area contributed by atoms with Gasteiger partial charge in [0.1, 0.15) is 0 Å². The third-order valence-electron chi connectivity index (χ3n) is 5.31. The summed E-state index contributed by atoms with van der Waals surface area (Å²) in [6.45, 7) is 6.09. The zero-order valence-electron chi connectivity index (χ0n) is 16.9. The van der Waals surface area contributed by atoms with Gasteiger partial charge in [0.15, 0.2) is 11.5 Å². The van der Waals surface area contributed by atoms with Gasteiger partial charge in [0.05, 0.1) is 11.6 Å². The van der Waals surface area contributed by atoms with E-state index < -0.39 is 5.91 Å². The Morgan fingerprint density at radius 3 is 2.90 bits per heavy atom. The molecule has 4 rings (SSSR count). The molecule has 0 radical (unpaired) electrons. The first-order chi connectivity index (χ1) is 15.0. The van der Waals surface area contributed by atoms with Gasteiger partial charge in [0, 0.05) is 29.9 Å². The molecule has 10 heteroatoms. The molecule has 3 heterocycles. The first-order valence-corrected chi connectivity index (χ1v) is 9.82. The van der Waals surface area contributed by atoms with Crippen LogP contribution in [0.4, 0.5) is 17.5 Å². The van der Waals surface area contributed by atoms with E-state index in [0.29, 0.717) is 12.2 Å². The van der Waals surface area contributed by atoms with Crippen molar-refractivity contribution in [2.45, 2.75) is 25.4 Å². The molecule has 0 aliphatic carbocycles. The smallest absolute Gasteiger partial charge is 0.273 e. The maximum absolute atomic E-state index is 12.0. The molecule has 1 fully saturated rings. The highest BCUT2D eigenvalue weighted by Crippen LogP contribution is 2.24. The van der Waals surface area contributed by atoms with Crippen molar-refractivity contribution in [3.8, 4) is 0 Å². The van der Waals surface area contributed by atoms with Gasteiger partial charge in [-0.1, -0.05) is 12.6 Å². The fourth-order valence-corrected chi connectivity index (χ4v) is 3.66. The molecular formula is C21H22N8O2. The van der Waals surface area contributed by atoms with E-state index in [9.17, 15) is 9.59 Å². The first kappa shape index (κ1) is 20.2. The maximum atomic E-state index is 12.0. The molecule has 0 spiro atoms. The number of fused-ring (bicyclic) bond motifs is 1. The lowest BCUT2D eigenvalue weighted by Gasteiger charge is -2.24. The van der Waals surface area contributed by atoms with Gasteiger partial charge in [-0.15, -0.1) is 10.2 Å². The van der Waals surface area contributed by atoms with E-state index >= 15 is 0 Å². The standard InChI is InChI=1S/C21H22N8O2/c1-3-17(30)29-10-8-15(12(29)2)25-21-26-20(18(19(22)31)27-28-21)24-14-6-7-16-13(11-14)5-4-9-23-16/h3-7,9,11-12,15H,1,8,10H2,2H3,(H2,22,31)(H2,24,25,26,28)/t12-,15-/m1/s1. The number of carbonyl (C=O) groups excluding carboxylic acids is 2. The number of likely N-dealkylation sites (tertiary alicyclic amines) is 1. The maximum Gasteiger partial charge on any atom is 0.273 e. The minimum absolute atomic E-state index is 0.0651. The van der Waals surface area contributed by atoms with Crippen molar-refractivity contribution in [1.82, 2.24) is 25.1 Å². The molecule has 1 aliphatic rings. The lowest BCUT2D eigenvalue weighted by atomic mass is 10.1. The van der Waals surface area contributed by atoms with Crippen molar-refractivity contribution in [2.24, 2.45) is 5.73 Å². The molecule has 2 aromatic heterocycles. The van der Waals surface area contributed by atoms with E-state index in [1.807, 2.05) is 37.3 Å². The van der Waals surface area contributed by atoms with Crippen LogP contribution < -0.4 is 16.4 Å². The van der Waals surface area contributed by atoms with Crippen LogP contribution in [0.1, 0.15) is 23.8 Å². The Bertz CT molecular complexity index is 1170. The lowest BCUT2D eigenvalue weighted by Crippen LogP contribution is -2.39. The number of benzene rings is 1. The highest BCUT2D eigenvalue weighted by molar-refractivity contribution is 5.96. The molecule has 2 atom stereocenters. The van der Waals surface area contributed by atoms with E-state index in [2.05, 4.69) is 37.4 Å². The summed E-state index contributed by atoms with van der Waals surface area (Å²) in [5.41, 5.74) is 6.93. The van der Waals surface area contributed by atoms with Crippen molar-refractivity contribution < 1.29 is 9.59 Å². The van der Waals surface area contributed by atoms with Crippen LogP contribution in [-0.2, 0) is 4.79 Å². The molecule has 10 nitrogen and oxygen atoms in total. The van der Waals surface area contributed by atoms with Gasteiger partial charge in [0.25, 0.3) is 5.91 Å². The van der Waals surface area contributed by atoms with Gasteiger partial charge in [-0.3, -0.25) is 14.6 Å². The average Bonchev–Trinajstić information content (AvgIpc) is 3.13. The molecule has 0 unspecified atom stereocenters. The summed E-state index contributed by atoms with van der Waals surface area (Å²) in [7, 11) is 0. The second-order valence-electron chi connectivity index (χ2n) is 7.25. The van der Waals surface area contributed by atoms with Gasteiger partial charge < -0.3 is 21.3 Å². The van der Waals surface area contributed by atoms with Crippen molar-refractivity contribution >= 4 is 40.2 Å². The normalized spacial score (nSPS) is 18.0. The summed E-state index contributed by atoms with van der Waals surface area (Å²) in [6.07, 6.45) is 3.75. The number of rotatable bonds is 6. The Balaban J connectivity index is 1.58. The summed E-state index contributed by atoms with van der Waals surface area (Å²) in [5.74, 6) is -0.431. The molecule has 1 aliphatic heterocycles. The topological polar surface area (TPSA) is 139 Å². The predicted octanol–water partition coefficient (Wildman–Crippen LogP) is 1.85. The van der Waals surface area contributed by atoms with Gasteiger partial charge in [-0.05, 0) is 43.7 Å². The Morgan fingerprint density at radius 1 is 1.29 bits per heavy atom. The third-order valence-corrected chi connectivity index (χ3v) is 5.31. The zero-order chi connectivity index (χ0) is 22.0. The summed E-state index contributed by atoms with van der Waals surface area (Å²) >= 11 is 0. The van der Waals surface area contributed by atoms with E-state index in [1.165, 1.54) is 6.08 Å². The third kappa shape index (κ3) is 4.13. The number of nitrogens with one attached hydrogen (secondary N) is 2. The van der Waals surface area contributed by atoms with Gasteiger partial charge >= 0.3 is 0 Å². The number of hydrogen-bond acceptors (Lipinski definition) is 8. The minimum Gasteiger partial charge on any atom is -0.364 e. The molecular weight excluding hydrogens is 396 g/mol. The van der Waals surface area contributed by atoms with Gasteiger partial charge in [-0.2, -0.15) is 4.98 Å². The number of primary amides is 1. The van der Waals surface area contributed by atoms with Crippen LogP contribution in [0.15, 0.2) is 49.2 Å². The van der Waals surface area contributed by atoms with Crippen LogP contribution in [0.5, 0.6) is 0 Å². The number of nitrogens with zero attached hydrogens (tertiary/aromatic N) is 5. The largest absolute Gasteiger partial charge is 0.364 e. The lowest BCUT2D eigenvalue weighted by molar-refractivity contribution is -0.126. The number of carbonyl (C=O) groups is 2. The Kier molecular flexibility index (Phi) is 5.44. The van der Waals surface area contributed by atoms with Crippen molar-refractivity contribution in [3.63, 3.8) is 0 Å². The van der Waals surface area contributed by atoms with Crippen molar-refractivity contribution in [3.05, 3.63) is 54.9 Å². The number of aromatic nitrogens is 4. The van der Waals surface area contributed by atoms with E-state index in [-0.39, 0.29) is 35.5 Å². The van der Waals surface area contributed by atoms with Crippen LogP contribution in [0.25, 0.3) is 10.9 Å². The second kappa shape index (κ2) is 8.34. The van der Waals surface area contributed by atoms with Gasteiger partial charge in [0.2, 0.25) is 11.9 Å². The summed E-state index contributed by atoms with van der Waals surface area (Å²) in [6, 6.07) is 9.22. The number of pyridine rings is 1. The van der Waals surface area contributed by atoms with Crippen LogP contribution in [0.3, 0.4) is 0 Å². The highest BCUT2D eigenvalue weighted by Gasteiger charge is 2.33. The fourth-order valence-electron chi connectivity index (χ4n) is 3.66. The van der Waals surface area contributed by atoms with Crippen LogP contribution in [-0.4, -0.2) is 55.5 Å². The molecule has 3 aromatic rings. The molecule has 0 bridgehead atoms. The SMILES string of the molecule is C=CC(=O)N1CC[C@@H](Nc2nnc(C(N)=O)c(Nc3ccc4ncccc4c3)n2)[C@H]1C. The van der Waals surface area contributed by atoms with Crippen LogP contribution >= 0.6 is 0 Å². The van der Waals surface area contributed by atoms with Crippen molar-refractivity contribution in [2.75, 3.05) is 17.2 Å². The summed E-state index contributed by atoms with van der Waals surface area (Å²) in [5, 5.41) is 15.2. The Labute approximate surface area is 178 Å². The van der Waals surface area contributed by atoms with E-state index in [1.54, 1.807) is 11.1 Å². The van der Waals surface area contributed by atoms with E-state index in [0.717, 1.165) is 17.3 Å². The summed E-state index contributed by atoms with van der Waals surface area (Å²) < 4.78 is 0. The van der Waals surface area contributed by atoms with Crippen LogP contribution in [0.2, 0.25) is 0 Å². The molecule has 1 aromatic carbocycles. The molecule has 4 N–H and O–H groups in total.